The number of halogens is 3. The second-order valence-electron chi connectivity index (χ2n) is 5.88. The van der Waals surface area contributed by atoms with Gasteiger partial charge >= 0.3 is 12.2 Å². The molecular formula is C16H23F3N2O3. The predicted octanol–water partition coefficient (Wildman–Crippen LogP) is 3.61. The number of alkyl halides is 3. The van der Waals surface area contributed by atoms with E-state index in [2.05, 4.69) is 10.6 Å². The van der Waals surface area contributed by atoms with E-state index in [1.165, 1.54) is 12.1 Å². The molecule has 136 valence electrons. The molecule has 24 heavy (non-hydrogen) atoms. The van der Waals surface area contributed by atoms with Crippen molar-refractivity contribution in [3.8, 4) is 5.75 Å². The molecule has 5 nitrogen and oxygen atoms in total. The highest BCUT2D eigenvalue weighted by Crippen LogP contribution is 2.27. The van der Waals surface area contributed by atoms with Crippen LogP contribution < -0.4 is 15.4 Å². The summed E-state index contributed by atoms with van der Waals surface area (Å²) in [6, 6.07) is 3.91. The number of ether oxygens (including phenoxy) is 1. The average molecular weight is 348 g/mol. The first-order valence-corrected chi connectivity index (χ1v) is 7.59. The van der Waals surface area contributed by atoms with Crippen LogP contribution in [0.25, 0.3) is 0 Å². The van der Waals surface area contributed by atoms with E-state index in [0.717, 1.165) is 6.42 Å². The number of hydrogen-bond donors (Lipinski definition) is 3. The van der Waals surface area contributed by atoms with Crippen LogP contribution in [0.15, 0.2) is 18.2 Å². The van der Waals surface area contributed by atoms with Gasteiger partial charge in [0.05, 0.1) is 12.1 Å². The van der Waals surface area contributed by atoms with Crippen molar-refractivity contribution < 1.29 is 27.8 Å². The summed E-state index contributed by atoms with van der Waals surface area (Å²) in [5, 5.41) is 14.7. The van der Waals surface area contributed by atoms with Crippen molar-refractivity contribution >= 4 is 11.7 Å². The normalized spacial score (nSPS) is 14.0. The standard InChI is InChI=1S/C16H23F3N2O3/c1-4-8-15(3,9-22)21-14(23)20-12-6-5-7-13(11(12)2)24-10-16(17,18)19/h5-7,22H,4,8-10H2,1-3H3,(H2,20,21,23). The molecule has 0 heterocycles. The highest BCUT2D eigenvalue weighted by atomic mass is 19.4. The van der Waals surface area contributed by atoms with Crippen molar-refractivity contribution in [3.63, 3.8) is 0 Å². The molecule has 0 fully saturated rings. The fourth-order valence-corrected chi connectivity index (χ4v) is 2.23. The largest absolute Gasteiger partial charge is 0.484 e. The van der Waals surface area contributed by atoms with Gasteiger partial charge in [0.2, 0.25) is 0 Å². The third kappa shape index (κ3) is 6.27. The lowest BCUT2D eigenvalue weighted by molar-refractivity contribution is -0.153. The van der Waals surface area contributed by atoms with Crippen molar-refractivity contribution in [1.29, 1.82) is 0 Å². The summed E-state index contributed by atoms with van der Waals surface area (Å²) in [4.78, 5) is 12.1. The third-order valence-electron chi connectivity index (χ3n) is 3.49. The number of carbonyl (C=O) groups excluding carboxylic acids is 1. The van der Waals surface area contributed by atoms with Gasteiger partial charge in [0.1, 0.15) is 5.75 Å². The highest BCUT2D eigenvalue weighted by molar-refractivity contribution is 5.91. The van der Waals surface area contributed by atoms with Crippen LogP contribution in [0, 0.1) is 6.92 Å². The minimum Gasteiger partial charge on any atom is -0.484 e. The Balaban J connectivity index is 2.79. The van der Waals surface area contributed by atoms with Crippen LogP contribution in [0.3, 0.4) is 0 Å². The molecule has 8 heteroatoms. The maximum Gasteiger partial charge on any atom is 0.422 e. The molecule has 0 aromatic heterocycles. The maximum atomic E-state index is 12.3. The Morgan fingerprint density at radius 2 is 2.00 bits per heavy atom. The zero-order valence-corrected chi connectivity index (χ0v) is 14.0. The minimum atomic E-state index is -4.43. The molecule has 3 N–H and O–H groups in total. The summed E-state index contributed by atoms with van der Waals surface area (Å²) < 4.78 is 41.5. The van der Waals surface area contributed by atoms with Crippen LogP contribution in [-0.2, 0) is 0 Å². The molecule has 1 rings (SSSR count). The van der Waals surface area contributed by atoms with Crippen LogP contribution in [0.4, 0.5) is 23.7 Å². The number of hydrogen-bond acceptors (Lipinski definition) is 3. The summed E-state index contributed by atoms with van der Waals surface area (Å²) in [6.07, 6.45) is -3.07. The number of carbonyl (C=O) groups is 1. The fraction of sp³-hybridized carbons (Fsp3) is 0.562. The van der Waals surface area contributed by atoms with Crippen LogP contribution >= 0.6 is 0 Å². The molecule has 0 saturated heterocycles. The summed E-state index contributed by atoms with van der Waals surface area (Å²) >= 11 is 0. The fourth-order valence-electron chi connectivity index (χ4n) is 2.23. The van der Waals surface area contributed by atoms with Crippen LogP contribution in [0.2, 0.25) is 0 Å². The van der Waals surface area contributed by atoms with Crippen molar-refractivity contribution in [1.82, 2.24) is 5.32 Å². The summed E-state index contributed by atoms with van der Waals surface area (Å²) in [5.74, 6) is 0.0450. The second kappa shape index (κ2) is 8.23. The SMILES string of the molecule is CCCC(C)(CO)NC(=O)Nc1cccc(OCC(F)(F)F)c1C. The van der Waals surface area contributed by atoms with Gasteiger partial charge in [-0.25, -0.2) is 4.79 Å². The molecule has 0 aliphatic rings. The summed E-state index contributed by atoms with van der Waals surface area (Å²) in [5.41, 5.74) is -0.0426. The van der Waals surface area contributed by atoms with Crippen LogP contribution in [0.5, 0.6) is 5.75 Å². The molecule has 1 aromatic rings. The average Bonchev–Trinajstić information content (AvgIpc) is 2.47. The van der Waals surface area contributed by atoms with E-state index in [1.54, 1.807) is 19.9 Å². The molecule has 0 aliphatic heterocycles. The van der Waals surface area contributed by atoms with Crippen molar-refractivity contribution in [2.45, 2.75) is 45.3 Å². The zero-order valence-electron chi connectivity index (χ0n) is 14.0. The highest BCUT2D eigenvalue weighted by Gasteiger charge is 2.29. The molecule has 1 aromatic carbocycles. The number of benzene rings is 1. The van der Waals surface area contributed by atoms with Gasteiger partial charge in [0.15, 0.2) is 6.61 Å². The van der Waals surface area contributed by atoms with Gasteiger partial charge in [0, 0.05) is 11.3 Å². The molecule has 2 amide bonds. The maximum absolute atomic E-state index is 12.3. The van der Waals surface area contributed by atoms with E-state index < -0.39 is 24.4 Å². The van der Waals surface area contributed by atoms with Gasteiger partial charge in [-0.2, -0.15) is 13.2 Å². The molecule has 0 saturated carbocycles. The minimum absolute atomic E-state index is 0.0450. The van der Waals surface area contributed by atoms with Crippen molar-refractivity contribution in [2.75, 3.05) is 18.5 Å². The Hall–Kier alpha value is -1.96. The third-order valence-corrected chi connectivity index (χ3v) is 3.49. The molecule has 1 atom stereocenters. The molecule has 0 aliphatic carbocycles. The number of nitrogens with one attached hydrogen (secondary N) is 2. The molecule has 1 unspecified atom stereocenters. The van der Waals surface area contributed by atoms with E-state index in [9.17, 15) is 23.1 Å². The topological polar surface area (TPSA) is 70.6 Å². The molecule has 0 bridgehead atoms. The summed E-state index contributed by atoms with van der Waals surface area (Å²) in [7, 11) is 0. The number of anilines is 1. The predicted molar refractivity (Wildman–Crippen MR) is 85.3 cm³/mol. The van der Waals surface area contributed by atoms with Gasteiger partial charge < -0.3 is 20.5 Å². The van der Waals surface area contributed by atoms with Gasteiger partial charge in [0.25, 0.3) is 0 Å². The summed E-state index contributed by atoms with van der Waals surface area (Å²) in [6.45, 7) is 3.58. The van der Waals surface area contributed by atoms with Crippen LogP contribution in [-0.4, -0.2) is 36.1 Å². The Morgan fingerprint density at radius 1 is 1.33 bits per heavy atom. The van der Waals surface area contributed by atoms with Gasteiger partial charge in [-0.3, -0.25) is 0 Å². The first-order chi connectivity index (χ1) is 11.1. The number of amides is 2. The second-order valence-corrected chi connectivity index (χ2v) is 5.88. The number of rotatable bonds is 7. The zero-order chi connectivity index (χ0) is 18.4. The quantitative estimate of drug-likeness (QED) is 0.705. The first kappa shape index (κ1) is 20.1. The van der Waals surface area contributed by atoms with Gasteiger partial charge in [-0.15, -0.1) is 0 Å². The smallest absolute Gasteiger partial charge is 0.422 e. The van der Waals surface area contributed by atoms with Gasteiger partial charge in [-0.1, -0.05) is 19.4 Å². The first-order valence-electron chi connectivity index (χ1n) is 7.59. The van der Waals surface area contributed by atoms with E-state index >= 15 is 0 Å². The lowest BCUT2D eigenvalue weighted by atomic mass is 9.98. The molecule has 0 spiro atoms. The number of urea groups is 1. The Morgan fingerprint density at radius 3 is 2.54 bits per heavy atom. The van der Waals surface area contributed by atoms with E-state index in [4.69, 9.17) is 4.74 Å². The lowest BCUT2D eigenvalue weighted by Gasteiger charge is -2.28. The van der Waals surface area contributed by atoms with E-state index in [-0.39, 0.29) is 12.4 Å². The van der Waals surface area contributed by atoms with E-state index in [0.29, 0.717) is 17.7 Å². The number of aliphatic hydroxyl groups excluding tert-OH is 1. The lowest BCUT2D eigenvalue weighted by Crippen LogP contribution is -2.50. The Bertz CT molecular complexity index is 564. The van der Waals surface area contributed by atoms with Gasteiger partial charge in [-0.05, 0) is 32.4 Å². The Labute approximate surface area is 139 Å². The van der Waals surface area contributed by atoms with Crippen molar-refractivity contribution in [2.24, 2.45) is 0 Å². The molecule has 0 radical (unpaired) electrons. The van der Waals surface area contributed by atoms with Crippen LogP contribution in [0.1, 0.15) is 32.3 Å². The monoisotopic (exact) mass is 348 g/mol. The number of aliphatic hydroxyl groups is 1. The van der Waals surface area contributed by atoms with Crippen molar-refractivity contribution in [3.05, 3.63) is 23.8 Å². The Kier molecular flexibility index (Phi) is 6.89. The molecular weight excluding hydrogens is 325 g/mol. The van der Waals surface area contributed by atoms with E-state index in [1.807, 2.05) is 6.92 Å².